The largest absolute Gasteiger partial charge is 0.480 e. The minimum absolute atomic E-state index is 0.187. The first kappa shape index (κ1) is 16.5. The maximum Gasteiger partial charge on any atom is 0.416 e. The van der Waals surface area contributed by atoms with E-state index in [1.807, 2.05) is 0 Å². The van der Waals surface area contributed by atoms with Crippen molar-refractivity contribution in [2.75, 3.05) is 18.1 Å². The number of hydrogen-bond acceptors (Lipinski definition) is 3. The van der Waals surface area contributed by atoms with Crippen LogP contribution in [0, 0.1) is 0 Å². The summed E-state index contributed by atoms with van der Waals surface area (Å²) in [4.78, 5) is 23.1. The van der Waals surface area contributed by atoms with Gasteiger partial charge in [0.05, 0.1) is 5.56 Å². The summed E-state index contributed by atoms with van der Waals surface area (Å²) in [5.41, 5.74) is -1.21. The first-order chi connectivity index (χ1) is 9.75. The Bertz CT molecular complexity index is 542. The van der Waals surface area contributed by atoms with Crippen LogP contribution in [-0.4, -0.2) is 30.3 Å². The Hall–Kier alpha value is -2.51. The number of hydrogen-bond donors (Lipinski definition) is 1. The highest BCUT2D eigenvalue weighted by molar-refractivity contribution is 5.93. The molecule has 0 heterocycles. The van der Waals surface area contributed by atoms with Crippen LogP contribution < -0.4 is 4.90 Å². The van der Waals surface area contributed by atoms with Crippen molar-refractivity contribution >= 4 is 17.7 Å². The molecule has 0 saturated carbocycles. The zero-order valence-corrected chi connectivity index (χ0v) is 10.8. The van der Waals surface area contributed by atoms with Crippen molar-refractivity contribution < 1.29 is 32.6 Å². The zero-order valence-electron chi connectivity index (χ0n) is 10.8. The Labute approximate surface area is 118 Å². The maximum absolute atomic E-state index is 12.6. The highest BCUT2D eigenvalue weighted by atomic mass is 19.4. The number of ether oxygens (including phenoxy) is 1. The molecule has 0 aliphatic heterocycles. The number of carboxylic acid groups (broad SMARTS) is 1. The number of amides is 1. The molecule has 0 fully saturated rings. The number of carbonyl (C=O) groups excluding carboxylic acids is 1. The smallest absolute Gasteiger partial charge is 0.416 e. The molecule has 5 nitrogen and oxygen atoms in total. The summed E-state index contributed by atoms with van der Waals surface area (Å²) >= 11 is 0. The average molecular weight is 303 g/mol. The number of benzene rings is 1. The molecule has 0 aliphatic carbocycles. The van der Waals surface area contributed by atoms with Crippen molar-refractivity contribution in [3.63, 3.8) is 0 Å². The normalized spacial score (nSPS) is 10.8. The molecule has 0 radical (unpaired) electrons. The van der Waals surface area contributed by atoms with E-state index in [4.69, 9.17) is 5.11 Å². The molecule has 8 heteroatoms. The van der Waals surface area contributed by atoms with E-state index in [1.165, 1.54) is 12.1 Å². The zero-order chi connectivity index (χ0) is 16.0. The van der Waals surface area contributed by atoms with Gasteiger partial charge < -0.3 is 9.84 Å². The highest BCUT2D eigenvalue weighted by Crippen LogP contribution is 2.31. The summed E-state index contributed by atoms with van der Waals surface area (Å²) in [6.45, 7) is 2.30. The number of aliphatic carboxylic acids is 1. The fraction of sp³-hybridized carbons (Fsp3) is 0.231. The van der Waals surface area contributed by atoms with Gasteiger partial charge in [0, 0.05) is 5.69 Å². The molecule has 1 aromatic carbocycles. The van der Waals surface area contributed by atoms with Gasteiger partial charge in [0.1, 0.15) is 13.2 Å². The van der Waals surface area contributed by atoms with Crippen LogP contribution in [0.4, 0.5) is 23.7 Å². The molecular weight excluding hydrogens is 291 g/mol. The quantitative estimate of drug-likeness (QED) is 0.849. The minimum atomic E-state index is -4.60. The van der Waals surface area contributed by atoms with Crippen molar-refractivity contribution in [3.8, 4) is 0 Å². The number of alkyl halides is 3. The molecule has 1 amide bonds. The van der Waals surface area contributed by atoms with Crippen LogP contribution in [-0.2, 0) is 15.7 Å². The van der Waals surface area contributed by atoms with Crippen molar-refractivity contribution in [2.45, 2.75) is 6.18 Å². The molecule has 114 valence electrons. The Morgan fingerprint density at radius 3 is 2.57 bits per heavy atom. The van der Waals surface area contributed by atoms with Gasteiger partial charge in [-0.3, -0.25) is 9.69 Å². The molecule has 0 aromatic heterocycles. The van der Waals surface area contributed by atoms with E-state index in [2.05, 4.69) is 11.3 Å². The second kappa shape index (κ2) is 6.78. The monoisotopic (exact) mass is 303 g/mol. The van der Waals surface area contributed by atoms with Crippen LogP contribution >= 0.6 is 0 Å². The third kappa shape index (κ3) is 4.83. The summed E-state index contributed by atoms with van der Waals surface area (Å²) in [6, 6.07) is 3.76. The topological polar surface area (TPSA) is 66.8 Å². The van der Waals surface area contributed by atoms with Crippen LogP contribution in [0.15, 0.2) is 36.9 Å². The van der Waals surface area contributed by atoms with Gasteiger partial charge in [0.25, 0.3) is 0 Å². The number of anilines is 1. The van der Waals surface area contributed by atoms with E-state index in [1.54, 1.807) is 0 Å². The lowest BCUT2D eigenvalue weighted by Gasteiger charge is -2.21. The molecule has 1 rings (SSSR count). The van der Waals surface area contributed by atoms with Gasteiger partial charge in [-0.15, -0.1) is 0 Å². The molecular formula is C13H12F3NO4. The number of nitrogens with zero attached hydrogens (tertiary/aromatic N) is 1. The standard InChI is InChI=1S/C13H12F3NO4/c1-2-6-21-12(20)17(8-11(18)19)10-5-3-4-9(7-10)13(14,15)16/h2-5,7H,1,6,8H2,(H,18,19). The molecule has 0 aliphatic rings. The van der Waals surface area contributed by atoms with Gasteiger partial charge >= 0.3 is 18.2 Å². The Morgan fingerprint density at radius 1 is 1.38 bits per heavy atom. The minimum Gasteiger partial charge on any atom is -0.480 e. The van der Waals surface area contributed by atoms with Crippen LogP contribution in [0.5, 0.6) is 0 Å². The van der Waals surface area contributed by atoms with Gasteiger partial charge in [0.15, 0.2) is 0 Å². The van der Waals surface area contributed by atoms with E-state index in [-0.39, 0.29) is 12.3 Å². The molecule has 0 atom stereocenters. The first-order valence-corrected chi connectivity index (χ1v) is 5.70. The Kier molecular flexibility index (Phi) is 5.34. The third-order valence-corrected chi connectivity index (χ3v) is 2.32. The summed E-state index contributed by atoms with van der Waals surface area (Å²) in [7, 11) is 0. The molecule has 0 bridgehead atoms. The number of halogens is 3. The number of carboxylic acids is 1. The van der Waals surface area contributed by atoms with Crippen molar-refractivity contribution in [1.82, 2.24) is 0 Å². The fourth-order valence-corrected chi connectivity index (χ4v) is 1.45. The van der Waals surface area contributed by atoms with Gasteiger partial charge in [-0.1, -0.05) is 18.7 Å². The Balaban J connectivity index is 3.11. The molecule has 1 N–H and O–H groups in total. The SMILES string of the molecule is C=CCOC(=O)N(CC(=O)O)c1cccc(C(F)(F)F)c1. The maximum atomic E-state index is 12.6. The van der Waals surface area contributed by atoms with Gasteiger partial charge in [0.2, 0.25) is 0 Å². The number of rotatable bonds is 5. The van der Waals surface area contributed by atoms with E-state index < -0.39 is 30.3 Å². The molecule has 0 unspecified atom stereocenters. The van der Waals surface area contributed by atoms with E-state index in [0.29, 0.717) is 11.0 Å². The van der Waals surface area contributed by atoms with Crippen LogP contribution in [0.1, 0.15) is 5.56 Å². The average Bonchev–Trinajstić information content (AvgIpc) is 2.41. The predicted octanol–water partition coefficient (Wildman–Crippen LogP) is 2.92. The van der Waals surface area contributed by atoms with E-state index >= 15 is 0 Å². The first-order valence-electron chi connectivity index (χ1n) is 5.70. The van der Waals surface area contributed by atoms with E-state index in [9.17, 15) is 22.8 Å². The van der Waals surface area contributed by atoms with Crippen molar-refractivity contribution in [2.24, 2.45) is 0 Å². The lowest BCUT2D eigenvalue weighted by molar-refractivity contribution is -0.137. The predicted molar refractivity (Wildman–Crippen MR) is 68.0 cm³/mol. The van der Waals surface area contributed by atoms with Crippen LogP contribution in [0.25, 0.3) is 0 Å². The van der Waals surface area contributed by atoms with Crippen molar-refractivity contribution in [3.05, 3.63) is 42.5 Å². The molecule has 1 aromatic rings. The summed E-state index contributed by atoms with van der Waals surface area (Å²) in [6.07, 6.45) is -4.42. The van der Waals surface area contributed by atoms with E-state index in [0.717, 1.165) is 12.1 Å². The van der Waals surface area contributed by atoms with Crippen LogP contribution in [0.2, 0.25) is 0 Å². The highest BCUT2D eigenvalue weighted by Gasteiger charge is 2.31. The molecule has 21 heavy (non-hydrogen) atoms. The number of carbonyl (C=O) groups is 2. The molecule has 0 spiro atoms. The van der Waals surface area contributed by atoms with Crippen LogP contribution in [0.3, 0.4) is 0 Å². The fourth-order valence-electron chi connectivity index (χ4n) is 1.45. The second-order valence-corrected chi connectivity index (χ2v) is 3.89. The summed E-state index contributed by atoms with van der Waals surface area (Å²) in [5.74, 6) is -1.39. The van der Waals surface area contributed by atoms with Gasteiger partial charge in [-0.2, -0.15) is 13.2 Å². The lowest BCUT2D eigenvalue weighted by atomic mass is 10.2. The lowest BCUT2D eigenvalue weighted by Crippen LogP contribution is -2.36. The van der Waals surface area contributed by atoms with Crippen molar-refractivity contribution in [1.29, 1.82) is 0 Å². The molecule has 0 saturated heterocycles. The summed E-state index contributed by atoms with van der Waals surface area (Å²) in [5, 5.41) is 8.76. The third-order valence-electron chi connectivity index (χ3n) is 2.32. The Morgan fingerprint density at radius 2 is 2.05 bits per heavy atom. The van der Waals surface area contributed by atoms with Gasteiger partial charge in [-0.05, 0) is 18.2 Å². The van der Waals surface area contributed by atoms with Gasteiger partial charge in [-0.25, -0.2) is 4.79 Å². The second-order valence-electron chi connectivity index (χ2n) is 3.89. The summed E-state index contributed by atoms with van der Waals surface area (Å²) < 4.78 is 42.6.